The Kier molecular flexibility index (Phi) is 4.48. The summed E-state index contributed by atoms with van der Waals surface area (Å²) in [5.41, 5.74) is -0.0209. The van der Waals surface area contributed by atoms with Crippen LogP contribution in [0, 0.1) is 0 Å². The molecule has 6 nitrogen and oxygen atoms in total. The Balaban J connectivity index is 3.02. The van der Waals surface area contributed by atoms with Crippen molar-refractivity contribution in [1.29, 1.82) is 0 Å². The molecule has 0 saturated carbocycles. The molecule has 0 radical (unpaired) electrons. The Morgan fingerprint density at radius 1 is 1.25 bits per heavy atom. The molecule has 1 rings (SSSR count). The van der Waals surface area contributed by atoms with Gasteiger partial charge in [-0.25, -0.2) is 9.59 Å². The molecule has 0 aromatic carbocycles. The predicted octanol–water partition coefficient (Wildman–Crippen LogP) is 1.53. The lowest BCUT2D eigenvalue weighted by Gasteiger charge is -2.02. The minimum atomic E-state index is -0.660. The summed E-state index contributed by atoms with van der Waals surface area (Å²) in [6, 6.07) is 0. The number of rotatable bonds is 4. The van der Waals surface area contributed by atoms with Gasteiger partial charge in [0.25, 0.3) is 0 Å². The summed E-state index contributed by atoms with van der Waals surface area (Å²) in [5.74, 6) is -1.28. The van der Waals surface area contributed by atoms with Gasteiger partial charge in [-0.1, -0.05) is 0 Å². The largest absolute Gasteiger partial charge is 0.462 e. The van der Waals surface area contributed by atoms with Crippen LogP contribution in [0.25, 0.3) is 0 Å². The molecule has 0 aliphatic rings. The molecule has 0 spiro atoms. The third-order valence-electron chi connectivity index (χ3n) is 1.67. The number of nitrogens with zero attached hydrogens (tertiary/aromatic N) is 1. The van der Waals surface area contributed by atoms with Gasteiger partial charge in [0.2, 0.25) is 0 Å². The van der Waals surface area contributed by atoms with Crippen LogP contribution in [-0.2, 0) is 9.47 Å². The first kappa shape index (κ1) is 12.7. The number of ether oxygens (including phenoxy) is 2. The van der Waals surface area contributed by atoms with E-state index in [1.54, 1.807) is 13.8 Å². The highest BCUT2D eigenvalue weighted by molar-refractivity contribution is 9.10. The van der Waals surface area contributed by atoms with Gasteiger partial charge in [-0.3, -0.25) is 5.10 Å². The fourth-order valence-electron chi connectivity index (χ4n) is 1.06. The highest BCUT2D eigenvalue weighted by atomic mass is 79.9. The van der Waals surface area contributed by atoms with Gasteiger partial charge in [-0.05, 0) is 29.8 Å². The molecule has 7 heteroatoms. The van der Waals surface area contributed by atoms with E-state index >= 15 is 0 Å². The van der Waals surface area contributed by atoms with Gasteiger partial charge < -0.3 is 9.47 Å². The molecule has 1 aromatic rings. The van der Waals surface area contributed by atoms with Crippen molar-refractivity contribution in [3.05, 3.63) is 15.9 Å². The minimum absolute atomic E-state index is 0.0558. The van der Waals surface area contributed by atoms with Crippen molar-refractivity contribution in [2.24, 2.45) is 0 Å². The monoisotopic (exact) mass is 290 g/mol. The van der Waals surface area contributed by atoms with Crippen LogP contribution < -0.4 is 0 Å². The van der Waals surface area contributed by atoms with Crippen molar-refractivity contribution in [3.63, 3.8) is 0 Å². The predicted molar refractivity (Wildman–Crippen MR) is 58.2 cm³/mol. The Bertz CT molecular complexity index is 402. The summed E-state index contributed by atoms with van der Waals surface area (Å²) in [5, 5.41) is 6.17. The molecule has 0 saturated heterocycles. The van der Waals surface area contributed by atoms with Gasteiger partial charge in [0.05, 0.1) is 13.2 Å². The van der Waals surface area contributed by atoms with Gasteiger partial charge in [0.1, 0.15) is 10.2 Å². The lowest BCUT2D eigenvalue weighted by molar-refractivity contribution is 0.0475. The number of hydrogen-bond donors (Lipinski definition) is 1. The summed E-state index contributed by atoms with van der Waals surface area (Å²) in [4.78, 5) is 23.0. The van der Waals surface area contributed by atoms with Crippen LogP contribution in [0.5, 0.6) is 0 Å². The van der Waals surface area contributed by atoms with Crippen molar-refractivity contribution in [2.45, 2.75) is 13.8 Å². The van der Waals surface area contributed by atoms with Gasteiger partial charge in [-0.15, -0.1) is 0 Å². The smallest absolute Gasteiger partial charge is 0.359 e. The van der Waals surface area contributed by atoms with E-state index in [0.717, 1.165) is 0 Å². The minimum Gasteiger partial charge on any atom is -0.462 e. The van der Waals surface area contributed by atoms with E-state index in [2.05, 4.69) is 26.1 Å². The number of carbonyl (C=O) groups excluding carboxylic acids is 2. The van der Waals surface area contributed by atoms with Gasteiger partial charge in [-0.2, -0.15) is 5.10 Å². The Morgan fingerprint density at radius 2 is 1.81 bits per heavy atom. The Labute approximate surface area is 100 Å². The van der Waals surface area contributed by atoms with Crippen LogP contribution in [0.1, 0.15) is 34.7 Å². The van der Waals surface area contributed by atoms with E-state index < -0.39 is 11.9 Å². The molecular weight excluding hydrogens is 280 g/mol. The SMILES string of the molecule is CCOC(=O)c1n[nH]c(Br)c1C(=O)OCC. The average molecular weight is 291 g/mol. The van der Waals surface area contributed by atoms with Crippen molar-refractivity contribution in [2.75, 3.05) is 13.2 Å². The number of hydrogen-bond acceptors (Lipinski definition) is 5. The second kappa shape index (κ2) is 5.64. The molecule has 0 aliphatic carbocycles. The molecule has 16 heavy (non-hydrogen) atoms. The maximum atomic E-state index is 11.5. The van der Waals surface area contributed by atoms with Crippen molar-refractivity contribution in [1.82, 2.24) is 10.2 Å². The first-order valence-corrected chi connectivity index (χ1v) is 5.49. The van der Waals surface area contributed by atoms with E-state index in [1.807, 2.05) is 0 Å². The third-order valence-corrected chi connectivity index (χ3v) is 2.24. The Morgan fingerprint density at radius 3 is 2.38 bits per heavy atom. The molecule has 0 atom stereocenters. The van der Waals surface area contributed by atoms with E-state index in [0.29, 0.717) is 4.60 Å². The molecule has 0 amide bonds. The second-order valence-electron chi connectivity index (χ2n) is 2.70. The Hall–Kier alpha value is -1.37. The lowest BCUT2D eigenvalue weighted by atomic mass is 10.2. The molecule has 1 N–H and O–H groups in total. The van der Waals surface area contributed by atoms with E-state index in [1.165, 1.54) is 0 Å². The highest BCUT2D eigenvalue weighted by Crippen LogP contribution is 2.19. The van der Waals surface area contributed by atoms with Gasteiger partial charge in [0.15, 0.2) is 5.69 Å². The summed E-state index contributed by atoms with van der Waals surface area (Å²) in [7, 11) is 0. The maximum absolute atomic E-state index is 11.5. The number of nitrogens with one attached hydrogen (secondary N) is 1. The van der Waals surface area contributed by atoms with E-state index in [-0.39, 0.29) is 24.5 Å². The normalized spacial score (nSPS) is 9.94. The standard InChI is InChI=1S/C9H11BrN2O4/c1-3-15-8(13)5-6(9(14)16-4-2)11-12-7(5)10/h3-4H2,1-2H3,(H,11,12). The van der Waals surface area contributed by atoms with Gasteiger partial charge in [0, 0.05) is 0 Å². The maximum Gasteiger partial charge on any atom is 0.359 e. The molecular formula is C9H11BrN2O4. The van der Waals surface area contributed by atoms with Crippen molar-refractivity contribution < 1.29 is 19.1 Å². The summed E-state index contributed by atoms with van der Waals surface area (Å²) in [6.45, 7) is 3.78. The van der Waals surface area contributed by atoms with Crippen LogP contribution in [0.15, 0.2) is 4.60 Å². The number of carbonyl (C=O) groups is 2. The quantitative estimate of drug-likeness (QED) is 0.851. The van der Waals surface area contributed by atoms with E-state index in [4.69, 9.17) is 9.47 Å². The molecule has 0 aliphatic heterocycles. The topological polar surface area (TPSA) is 81.3 Å². The van der Waals surface area contributed by atoms with Crippen LogP contribution in [-0.4, -0.2) is 35.3 Å². The molecule has 1 heterocycles. The van der Waals surface area contributed by atoms with E-state index in [9.17, 15) is 9.59 Å². The summed E-state index contributed by atoms with van der Waals surface area (Å²) in [6.07, 6.45) is 0. The zero-order valence-corrected chi connectivity index (χ0v) is 10.5. The summed E-state index contributed by atoms with van der Waals surface area (Å²) >= 11 is 3.08. The van der Waals surface area contributed by atoms with Crippen molar-refractivity contribution >= 4 is 27.9 Å². The average Bonchev–Trinajstić information content (AvgIpc) is 2.61. The van der Waals surface area contributed by atoms with Crippen LogP contribution in [0.3, 0.4) is 0 Å². The molecule has 0 unspecified atom stereocenters. The molecule has 1 aromatic heterocycles. The van der Waals surface area contributed by atoms with Crippen LogP contribution in [0.4, 0.5) is 0 Å². The van der Waals surface area contributed by atoms with Gasteiger partial charge >= 0.3 is 11.9 Å². The number of H-pyrrole nitrogens is 1. The molecule has 0 bridgehead atoms. The zero-order chi connectivity index (χ0) is 12.1. The zero-order valence-electron chi connectivity index (χ0n) is 8.87. The highest BCUT2D eigenvalue weighted by Gasteiger charge is 2.25. The number of esters is 2. The number of aromatic nitrogens is 2. The number of halogens is 1. The first-order chi connectivity index (χ1) is 7.61. The van der Waals surface area contributed by atoms with Crippen molar-refractivity contribution in [3.8, 4) is 0 Å². The van der Waals surface area contributed by atoms with Crippen LogP contribution >= 0.6 is 15.9 Å². The second-order valence-corrected chi connectivity index (χ2v) is 3.50. The first-order valence-electron chi connectivity index (χ1n) is 4.69. The fraction of sp³-hybridized carbons (Fsp3) is 0.444. The molecule has 0 fully saturated rings. The third kappa shape index (κ3) is 2.60. The molecule has 88 valence electrons. The number of aromatic amines is 1. The van der Waals surface area contributed by atoms with Crippen LogP contribution in [0.2, 0.25) is 0 Å². The lowest BCUT2D eigenvalue weighted by Crippen LogP contribution is -2.13. The fourth-order valence-corrected chi connectivity index (χ4v) is 1.50. The summed E-state index contributed by atoms with van der Waals surface area (Å²) < 4.78 is 9.86.